The number of aromatic amines is 1. The van der Waals surface area contributed by atoms with E-state index in [0.29, 0.717) is 17.7 Å². The number of methoxy groups -OCH3 is 1. The van der Waals surface area contributed by atoms with Gasteiger partial charge >= 0.3 is 0 Å². The van der Waals surface area contributed by atoms with Gasteiger partial charge in [-0.1, -0.05) is 35.2 Å². The smallest absolute Gasteiger partial charge is 0.254 e. The van der Waals surface area contributed by atoms with E-state index in [-0.39, 0.29) is 17.5 Å². The van der Waals surface area contributed by atoms with Crippen molar-refractivity contribution in [2.24, 2.45) is 0 Å². The van der Waals surface area contributed by atoms with Crippen LogP contribution < -0.4 is 10.3 Å². The number of carbonyl (C=O) groups is 1. The van der Waals surface area contributed by atoms with E-state index in [4.69, 9.17) is 4.74 Å². The van der Waals surface area contributed by atoms with Crippen LogP contribution >= 0.6 is 15.9 Å². The highest BCUT2D eigenvalue weighted by atomic mass is 79.9. The zero-order chi connectivity index (χ0) is 21.1. The van der Waals surface area contributed by atoms with Gasteiger partial charge in [0.15, 0.2) is 0 Å². The van der Waals surface area contributed by atoms with Gasteiger partial charge in [-0.2, -0.15) is 0 Å². The summed E-state index contributed by atoms with van der Waals surface area (Å²) < 4.78 is 6.25. The number of H-pyrrole nitrogens is 1. The number of fused-ring (bicyclic) bond motifs is 1. The number of nitrogens with zero attached hydrogens (tertiary/aromatic N) is 1. The summed E-state index contributed by atoms with van der Waals surface area (Å²) in [6.45, 7) is 0.294. The molecule has 0 spiro atoms. The molecule has 30 heavy (non-hydrogen) atoms. The fraction of sp³-hybridized carbons (Fsp3) is 0.333. The average Bonchev–Trinajstić information content (AvgIpc) is 2.78. The summed E-state index contributed by atoms with van der Waals surface area (Å²) in [5, 5.41) is 0.892. The topological polar surface area (TPSA) is 62.4 Å². The largest absolute Gasteiger partial charge is 0.497 e. The maximum absolute atomic E-state index is 13.4. The molecular formula is C24H25BrN2O3. The molecule has 0 saturated heterocycles. The van der Waals surface area contributed by atoms with Crippen molar-refractivity contribution < 1.29 is 9.53 Å². The van der Waals surface area contributed by atoms with Crippen LogP contribution in [0.5, 0.6) is 5.75 Å². The molecule has 6 heteroatoms. The molecular weight excluding hydrogens is 444 g/mol. The molecule has 1 N–H and O–H groups in total. The standard InChI is InChI=1S/C24H25BrN2O3/c1-30-21-11-12-22-17(14-21)13-18(23(28)26-22)15-27(20-5-3-2-4-6-20)24(29)16-7-9-19(25)10-8-16/h7-14,20H,2-6,15H2,1H3,(H,26,28). The lowest BCUT2D eigenvalue weighted by atomic mass is 9.93. The van der Waals surface area contributed by atoms with Gasteiger partial charge in [-0.15, -0.1) is 0 Å². The van der Waals surface area contributed by atoms with E-state index in [1.807, 2.05) is 53.4 Å². The summed E-state index contributed by atoms with van der Waals surface area (Å²) in [6.07, 6.45) is 5.37. The molecule has 4 rings (SSSR count). The second kappa shape index (κ2) is 9.04. The third-order valence-corrected chi connectivity index (χ3v) is 6.37. The van der Waals surface area contributed by atoms with Gasteiger partial charge in [-0.25, -0.2) is 0 Å². The molecule has 0 atom stereocenters. The molecule has 1 amide bonds. The Hall–Kier alpha value is -2.60. The van der Waals surface area contributed by atoms with Crippen molar-refractivity contribution >= 4 is 32.7 Å². The second-order valence-corrected chi connectivity index (χ2v) is 8.72. The van der Waals surface area contributed by atoms with Gasteiger partial charge in [0, 0.05) is 32.5 Å². The highest BCUT2D eigenvalue weighted by Crippen LogP contribution is 2.26. The lowest BCUT2D eigenvalue weighted by Gasteiger charge is -2.34. The number of rotatable bonds is 5. The van der Waals surface area contributed by atoms with Crippen LogP contribution in [0, 0.1) is 0 Å². The number of hydrogen-bond donors (Lipinski definition) is 1. The van der Waals surface area contributed by atoms with E-state index in [9.17, 15) is 9.59 Å². The predicted molar refractivity (Wildman–Crippen MR) is 122 cm³/mol. The first-order valence-electron chi connectivity index (χ1n) is 10.3. The van der Waals surface area contributed by atoms with E-state index in [2.05, 4.69) is 20.9 Å². The molecule has 1 aliphatic carbocycles. The van der Waals surface area contributed by atoms with Crippen molar-refractivity contribution in [1.29, 1.82) is 0 Å². The van der Waals surface area contributed by atoms with Gasteiger partial charge in [-0.05, 0) is 61.4 Å². The second-order valence-electron chi connectivity index (χ2n) is 7.81. The van der Waals surface area contributed by atoms with Crippen LogP contribution in [0.2, 0.25) is 0 Å². The van der Waals surface area contributed by atoms with Gasteiger partial charge in [0.25, 0.3) is 11.5 Å². The third kappa shape index (κ3) is 4.43. The SMILES string of the molecule is COc1ccc2[nH]c(=O)c(CN(C(=O)c3ccc(Br)cc3)C3CCCCC3)cc2c1. The Bertz CT molecular complexity index is 1100. The van der Waals surface area contributed by atoms with Crippen molar-refractivity contribution in [1.82, 2.24) is 9.88 Å². The van der Waals surface area contributed by atoms with Crippen LogP contribution in [-0.4, -0.2) is 28.9 Å². The summed E-state index contributed by atoms with van der Waals surface area (Å²) in [4.78, 5) is 31.0. The van der Waals surface area contributed by atoms with Gasteiger partial charge < -0.3 is 14.6 Å². The molecule has 156 valence electrons. The summed E-state index contributed by atoms with van der Waals surface area (Å²) in [6, 6.07) is 15.0. The Morgan fingerprint density at radius 2 is 1.83 bits per heavy atom. The lowest BCUT2D eigenvalue weighted by Crippen LogP contribution is -2.42. The molecule has 1 fully saturated rings. The molecule has 1 heterocycles. The number of hydrogen-bond acceptors (Lipinski definition) is 3. The number of nitrogens with one attached hydrogen (secondary N) is 1. The Morgan fingerprint density at radius 3 is 2.53 bits per heavy atom. The van der Waals surface area contributed by atoms with E-state index in [0.717, 1.165) is 46.8 Å². The van der Waals surface area contributed by atoms with Crippen molar-refractivity contribution in [3.63, 3.8) is 0 Å². The molecule has 1 saturated carbocycles. The van der Waals surface area contributed by atoms with Crippen LogP contribution in [0.15, 0.2) is 57.8 Å². The van der Waals surface area contributed by atoms with E-state index in [1.54, 1.807) is 7.11 Å². The molecule has 0 radical (unpaired) electrons. The third-order valence-electron chi connectivity index (χ3n) is 5.84. The van der Waals surface area contributed by atoms with E-state index in [1.165, 1.54) is 6.42 Å². The van der Waals surface area contributed by atoms with Crippen LogP contribution in [0.25, 0.3) is 10.9 Å². The normalized spacial score (nSPS) is 14.6. The molecule has 0 bridgehead atoms. The van der Waals surface area contributed by atoms with Crippen molar-refractivity contribution in [3.8, 4) is 5.75 Å². The number of carbonyl (C=O) groups excluding carboxylic acids is 1. The minimum atomic E-state index is -0.155. The maximum atomic E-state index is 13.4. The van der Waals surface area contributed by atoms with E-state index < -0.39 is 0 Å². The van der Waals surface area contributed by atoms with Crippen molar-refractivity contribution in [3.05, 3.63) is 74.5 Å². The van der Waals surface area contributed by atoms with Crippen molar-refractivity contribution in [2.45, 2.75) is 44.7 Å². The van der Waals surface area contributed by atoms with Crippen molar-refractivity contribution in [2.75, 3.05) is 7.11 Å². The first kappa shape index (κ1) is 20.7. The summed E-state index contributed by atoms with van der Waals surface area (Å²) in [7, 11) is 1.62. The molecule has 5 nitrogen and oxygen atoms in total. The predicted octanol–water partition coefficient (Wildman–Crippen LogP) is 5.27. The number of pyridine rings is 1. The molecule has 3 aromatic rings. The minimum absolute atomic E-state index is 0.0282. The molecule has 1 aromatic heterocycles. The number of halogens is 1. The number of amides is 1. The Labute approximate surface area is 184 Å². The summed E-state index contributed by atoms with van der Waals surface area (Å²) in [5.41, 5.74) is 1.83. The molecule has 0 aliphatic heterocycles. The summed E-state index contributed by atoms with van der Waals surface area (Å²) in [5.74, 6) is 0.704. The van der Waals surface area contributed by atoms with E-state index >= 15 is 0 Å². The quantitative estimate of drug-likeness (QED) is 0.554. The van der Waals surface area contributed by atoms with Crippen LogP contribution in [0.4, 0.5) is 0 Å². The number of aromatic nitrogens is 1. The van der Waals surface area contributed by atoms with Gasteiger partial charge in [0.2, 0.25) is 0 Å². The molecule has 1 aliphatic rings. The van der Waals surface area contributed by atoms with Crippen LogP contribution in [-0.2, 0) is 6.54 Å². The fourth-order valence-corrected chi connectivity index (χ4v) is 4.44. The Morgan fingerprint density at radius 1 is 1.10 bits per heavy atom. The average molecular weight is 469 g/mol. The lowest BCUT2D eigenvalue weighted by molar-refractivity contribution is 0.0613. The van der Waals surface area contributed by atoms with Gasteiger partial charge in [0.05, 0.1) is 13.7 Å². The first-order chi connectivity index (χ1) is 14.5. The Kier molecular flexibility index (Phi) is 6.23. The van der Waals surface area contributed by atoms with Crippen LogP contribution in [0.3, 0.4) is 0 Å². The highest BCUT2D eigenvalue weighted by molar-refractivity contribution is 9.10. The zero-order valence-electron chi connectivity index (χ0n) is 17.0. The molecule has 2 aromatic carbocycles. The van der Waals surface area contributed by atoms with Gasteiger partial charge in [0.1, 0.15) is 5.75 Å². The maximum Gasteiger partial charge on any atom is 0.254 e. The summed E-state index contributed by atoms with van der Waals surface area (Å²) >= 11 is 3.43. The minimum Gasteiger partial charge on any atom is -0.497 e. The first-order valence-corrected chi connectivity index (χ1v) is 11.1. The zero-order valence-corrected chi connectivity index (χ0v) is 18.6. The molecule has 0 unspecified atom stereocenters. The van der Waals surface area contributed by atoms with Crippen LogP contribution in [0.1, 0.15) is 48.0 Å². The number of ether oxygens (including phenoxy) is 1. The van der Waals surface area contributed by atoms with Gasteiger partial charge in [-0.3, -0.25) is 9.59 Å². The monoisotopic (exact) mass is 468 g/mol. The Balaban J connectivity index is 1.70. The number of benzene rings is 2. The highest BCUT2D eigenvalue weighted by Gasteiger charge is 2.27. The fourth-order valence-electron chi connectivity index (χ4n) is 4.18.